The molecule has 152 valence electrons. The second-order valence-electron chi connectivity index (χ2n) is 7.18. The molecule has 0 aliphatic carbocycles. The Labute approximate surface area is 177 Å². The second kappa shape index (κ2) is 8.27. The fraction of sp³-hybridized carbons (Fsp3) is 0.368. The Balaban J connectivity index is 1.52. The first-order chi connectivity index (χ1) is 14.0. The maximum atomic E-state index is 9.65. The van der Waals surface area contributed by atoms with Crippen molar-refractivity contribution in [1.82, 2.24) is 19.9 Å². The van der Waals surface area contributed by atoms with Crippen molar-refractivity contribution >= 4 is 46.2 Å². The van der Waals surface area contributed by atoms with E-state index in [0.29, 0.717) is 23.0 Å². The highest BCUT2D eigenvalue weighted by molar-refractivity contribution is 7.99. The molecule has 8 nitrogen and oxygen atoms in total. The fourth-order valence-corrected chi connectivity index (χ4v) is 4.40. The van der Waals surface area contributed by atoms with Crippen molar-refractivity contribution in [1.29, 1.82) is 0 Å². The predicted octanol–water partition coefficient (Wildman–Crippen LogP) is 2.34. The van der Waals surface area contributed by atoms with Gasteiger partial charge in [-0.15, -0.1) is 0 Å². The number of nitrogens with two attached hydrogens (primary N) is 2. The van der Waals surface area contributed by atoms with Gasteiger partial charge in [0, 0.05) is 36.1 Å². The van der Waals surface area contributed by atoms with Crippen molar-refractivity contribution in [3.8, 4) is 0 Å². The first kappa shape index (κ1) is 20.1. The normalized spacial score (nSPS) is 16.3. The van der Waals surface area contributed by atoms with E-state index < -0.39 is 0 Å². The number of nitrogen functional groups attached to an aromatic ring is 1. The second-order valence-corrected chi connectivity index (χ2v) is 8.62. The van der Waals surface area contributed by atoms with Crippen LogP contribution in [-0.4, -0.2) is 51.3 Å². The van der Waals surface area contributed by atoms with E-state index >= 15 is 0 Å². The number of fused-ring (bicyclic) bond motifs is 1. The molecule has 0 spiro atoms. The standard InChI is InChI=1S/C19H22ClN7OS/c20-16-13(3-6-23-17(16)22)29-15-2-1-12-18(26-15)24-9-14(25-12)27-7-4-19(10-21,11-28)5-8-27/h1-3,6,9,28H,4-5,7-8,10-11,21H2,(H2,22,23). The van der Waals surface area contributed by atoms with Crippen LogP contribution >= 0.6 is 23.4 Å². The lowest BCUT2D eigenvalue weighted by molar-refractivity contribution is 0.104. The fourth-order valence-electron chi connectivity index (χ4n) is 3.36. The Bertz CT molecular complexity index is 1020. The molecule has 1 fully saturated rings. The molecule has 0 saturated carbocycles. The molecule has 1 saturated heterocycles. The summed E-state index contributed by atoms with van der Waals surface area (Å²) in [5.74, 6) is 1.11. The lowest BCUT2D eigenvalue weighted by atomic mass is 9.79. The molecule has 0 bridgehead atoms. The summed E-state index contributed by atoms with van der Waals surface area (Å²) in [4.78, 5) is 20.7. The van der Waals surface area contributed by atoms with Gasteiger partial charge in [0.1, 0.15) is 22.2 Å². The first-order valence-corrected chi connectivity index (χ1v) is 10.5. The topological polar surface area (TPSA) is 127 Å². The van der Waals surface area contributed by atoms with Crippen molar-refractivity contribution in [3.63, 3.8) is 0 Å². The van der Waals surface area contributed by atoms with Crippen LogP contribution in [0.25, 0.3) is 11.2 Å². The SMILES string of the molecule is NCC1(CO)CCN(c2cnc3nc(Sc4ccnc(N)c4Cl)ccc3n2)CC1. The Morgan fingerprint density at radius 3 is 2.69 bits per heavy atom. The van der Waals surface area contributed by atoms with Gasteiger partial charge in [-0.2, -0.15) is 0 Å². The molecule has 3 aromatic heterocycles. The van der Waals surface area contributed by atoms with Gasteiger partial charge in [-0.1, -0.05) is 23.4 Å². The summed E-state index contributed by atoms with van der Waals surface area (Å²) in [6.45, 7) is 2.21. The lowest BCUT2D eigenvalue weighted by Gasteiger charge is -2.40. The summed E-state index contributed by atoms with van der Waals surface area (Å²) in [6.07, 6.45) is 5.04. The predicted molar refractivity (Wildman–Crippen MR) is 115 cm³/mol. The zero-order valence-electron chi connectivity index (χ0n) is 15.8. The van der Waals surface area contributed by atoms with Crippen LogP contribution in [-0.2, 0) is 0 Å². The van der Waals surface area contributed by atoms with Gasteiger partial charge in [-0.3, -0.25) is 0 Å². The van der Waals surface area contributed by atoms with Crippen LogP contribution in [0.3, 0.4) is 0 Å². The van der Waals surface area contributed by atoms with E-state index in [1.807, 2.05) is 12.1 Å². The van der Waals surface area contributed by atoms with Crippen LogP contribution in [0.5, 0.6) is 0 Å². The van der Waals surface area contributed by atoms with Crippen molar-refractivity contribution in [2.24, 2.45) is 11.1 Å². The third-order valence-corrected chi connectivity index (χ3v) is 6.88. The average molecular weight is 432 g/mol. The van der Waals surface area contributed by atoms with Gasteiger partial charge in [0.25, 0.3) is 0 Å². The molecule has 0 aromatic carbocycles. The van der Waals surface area contributed by atoms with Crippen molar-refractivity contribution in [2.75, 3.05) is 36.9 Å². The number of piperidine rings is 1. The van der Waals surface area contributed by atoms with E-state index in [1.54, 1.807) is 18.5 Å². The largest absolute Gasteiger partial charge is 0.396 e. The smallest absolute Gasteiger partial charge is 0.179 e. The van der Waals surface area contributed by atoms with E-state index in [1.165, 1.54) is 11.8 Å². The molecular weight excluding hydrogens is 410 g/mol. The molecule has 29 heavy (non-hydrogen) atoms. The Morgan fingerprint density at radius 2 is 1.97 bits per heavy atom. The van der Waals surface area contributed by atoms with Crippen LogP contribution in [0.2, 0.25) is 5.02 Å². The summed E-state index contributed by atoms with van der Waals surface area (Å²) in [7, 11) is 0. The zero-order valence-corrected chi connectivity index (χ0v) is 17.3. The van der Waals surface area contributed by atoms with Gasteiger partial charge in [-0.25, -0.2) is 19.9 Å². The molecule has 4 rings (SSSR count). The van der Waals surface area contributed by atoms with Gasteiger partial charge < -0.3 is 21.5 Å². The Hall–Kier alpha value is -2.20. The highest BCUT2D eigenvalue weighted by Gasteiger charge is 2.33. The van der Waals surface area contributed by atoms with Gasteiger partial charge in [0.15, 0.2) is 5.65 Å². The Morgan fingerprint density at radius 1 is 1.17 bits per heavy atom. The summed E-state index contributed by atoms with van der Waals surface area (Å²) in [6, 6.07) is 5.59. The summed E-state index contributed by atoms with van der Waals surface area (Å²) in [5, 5.41) is 10.8. The number of anilines is 2. The number of nitrogens with zero attached hydrogens (tertiary/aromatic N) is 5. The highest BCUT2D eigenvalue weighted by atomic mass is 35.5. The van der Waals surface area contributed by atoms with Crippen LogP contribution in [0.15, 0.2) is 40.5 Å². The minimum absolute atomic E-state index is 0.123. The number of rotatable bonds is 5. The molecule has 0 radical (unpaired) electrons. The molecule has 5 N–H and O–H groups in total. The number of aliphatic hydroxyl groups is 1. The van der Waals surface area contributed by atoms with Gasteiger partial charge in [0.2, 0.25) is 0 Å². The number of aliphatic hydroxyl groups excluding tert-OH is 1. The molecule has 0 atom stereocenters. The van der Waals surface area contributed by atoms with Crippen LogP contribution in [0, 0.1) is 5.41 Å². The van der Waals surface area contributed by atoms with E-state index in [9.17, 15) is 5.11 Å². The number of halogens is 1. The van der Waals surface area contributed by atoms with E-state index in [4.69, 9.17) is 28.1 Å². The molecular formula is C19H22ClN7OS. The number of hydrogen-bond donors (Lipinski definition) is 3. The van der Waals surface area contributed by atoms with Crippen molar-refractivity contribution in [3.05, 3.63) is 35.6 Å². The monoisotopic (exact) mass is 431 g/mol. The summed E-state index contributed by atoms with van der Waals surface area (Å²) in [5.41, 5.74) is 12.7. The van der Waals surface area contributed by atoms with E-state index in [-0.39, 0.29) is 12.0 Å². The summed E-state index contributed by atoms with van der Waals surface area (Å²) >= 11 is 7.62. The Kier molecular flexibility index (Phi) is 5.73. The minimum atomic E-state index is -0.175. The molecule has 1 aliphatic rings. The van der Waals surface area contributed by atoms with E-state index in [0.717, 1.165) is 47.2 Å². The first-order valence-electron chi connectivity index (χ1n) is 9.31. The highest BCUT2D eigenvalue weighted by Crippen LogP contribution is 2.35. The van der Waals surface area contributed by atoms with Gasteiger partial charge >= 0.3 is 0 Å². The lowest BCUT2D eigenvalue weighted by Crippen LogP contribution is -2.46. The van der Waals surface area contributed by atoms with Crippen LogP contribution in [0.4, 0.5) is 11.6 Å². The molecule has 1 aliphatic heterocycles. The maximum Gasteiger partial charge on any atom is 0.179 e. The van der Waals surface area contributed by atoms with Crippen LogP contribution in [0.1, 0.15) is 12.8 Å². The van der Waals surface area contributed by atoms with E-state index in [2.05, 4.69) is 19.9 Å². The molecule has 0 unspecified atom stereocenters. The summed E-state index contributed by atoms with van der Waals surface area (Å²) < 4.78 is 0. The maximum absolute atomic E-state index is 9.65. The molecule has 3 aromatic rings. The molecule has 0 amide bonds. The minimum Gasteiger partial charge on any atom is -0.396 e. The average Bonchev–Trinajstić information content (AvgIpc) is 2.76. The molecule has 10 heteroatoms. The van der Waals surface area contributed by atoms with Gasteiger partial charge in [-0.05, 0) is 31.0 Å². The quantitative estimate of drug-likeness (QED) is 0.557. The van der Waals surface area contributed by atoms with Crippen molar-refractivity contribution in [2.45, 2.75) is 22.8 Å². The number of aromatic nitrogens is 4. The molecule has 4 heterocycles. The van der Waals surface area contributed by atoms with Gasteiger partial charge in [0.05, 0.1) is 17.8 Å². The number of hydrogen-bond acceptors (Lipinski definition) is 9. The zero-order chi connectivity index (χ0) is 20.4. The van der Waals surface area contributed by atoms with Crippen molar-refractivity contribution < 1.29 is 5.11 Å². The third-order valence-electron chi connectivity index (χ3n) is 5.38. The number of pyridine rings is 2. The third kappa shape index (κ3) is 4.09. The van der Waals surface area contributed by atoms with Crippen LogP contribution < -0.4 is 16.4 Å².